The summed E-state index contributed by atoms with van der Waals surface area (Å²) in [5.41, 5.74) is 7.01. The van der Waals surface area contributed by atoms with Gasteiger partial charge in [-0.1, -0.05) is 6.92 Å². The molecule has 0 radical (unpaired) electrons. The van der Waals surface area contributed by atoms with Crippen LogP contribution in [-0.4, -0.2) is 54.8 Å². The van der Waals surface area contributed by atoms with Gasteiger partial charge < -0.3 is 25.3 Å². The van der Waals surface area contributed by atoms with E-state index in [0.717, 1.165) is 32.7 Å². The van der Waals surface area contributed by atoms with E-state index in [2.05, 4.69) is 24.2 Å². The van der Waals surface area contributed by atoms with E-state index in [1.807, 2.05) is 10.8 Å². The number of hydrogen-bond acceptors (Lipinski definition) is 4. The Hall–Kier alpha value is -1.53. The number of carbonyl (C=O) groups excluding carboxylic acids is 1. The molecule has 1 fully saturated rings. The van der Waals surface area contributed by atoms with Crippen LogP contribution in [0.5, 0.6) is 0 Å². The SMILES string of the molecule is CCCn1cc(N)cc1C(=O)NCC1CN(C)CCO1. The molecular formula is C14H24N4O2. The highest BCUT2D eigenvalue weighted by Crippen LogP contribution is 2.11. The molecule has 1 aromatic heterocycles. The fourth-order valence-corrected chi connectivity index (χ4v) is 2.44. The molecule has 1 aliphatic rings. The quantitative estimate of drug-likeness (QED) is 0.826. The molecule has 0 bridgehead atoms. The molecule has 2 heterocycles. The van der Waals surface area contributed by atoms with Gasteiger partial charge >= 0.3 is 0 Å². The summed E-state index contributed by atoms with van der Waals surface area (Å²) in [7, 11) is 2.06. The zero-order valence-electron chi connectivity index (χ0n) is 12.3. The van der Waals surface area contributed by atoms with Crippen molar-refractivity contribution in [2.45, 2.75) is 26.0 Å². The summed E-state index contributed by atoms with van der Waals surface area (Å²) in [6.45, 7) is 5.90. The van der Waals surface area contributed by atoms with E-state index in [4.69, 9.17) is 10.5 Å². The second-order valence-electron chi connectivity index (χ2n) is 5.32. The van der Waals surface area contributed by atoms with Crippen molar-refractivity contribution in [2.24, 2.45) is 0 Å². The second-order valence-corrected chi connectivity index (χ2v) is 5.32. The number of nitrogens with one attached hydrogen (secondary N) is 1. The molecule has 112 valence electrons. The van der Waals surface area contributed by atoms with Crippen molar-refractivity contribution in [1.82, 2.24) is 14.8 Å². The van der Waals surface area contributed by atoms with Crippen LogP contribution in [-0.2, 0) is 11.3 Å². The molecule has 0 spiro atoms. The zero-order chi connectivity index (χ0) is 14.5. The third-order valence-corrected chi connectivity index (χ3v) is 3.45. The van der Waals surface area contributed by atoms with Crippen LogP contribution in [0.2, 0.25) is 0 Å². The average Bonchev–Trinajstić information content (AvgIpc) is 2.78. The highest BCUT2D eigenvalue weighted by atomic mass is 16.5. The molecule has 1 saturated heterocycles. The number of anilines is 1. The van der Waals surface area contributed by atoms with Crippen LogP contribution in [0, 0.1) is 0 Å². The maximum absolute atomic E-state index is 12.2. The summed E-state index contributed by atoms with van der Waals surface area (Å²) in [4.78, 5) is 14.4. The number of likely N-dealkylation sites (N-methyl/N-ethyl adjacent to an activating group) is 1. The highest BCUT2D eigenvalue weighted by Gasteiger charge is 2.19. The molecule has 1 aromatic rings. The molecule has 2 rings (SSSR count). The van der Waals surface area contributed by atoms with Crippen molar-refractivity contribution < 1.29 is 9.53 Å². The van der Waals surface area contributed by atoms with Crippen LogP contribution >= 0.6 is 0 Å². The molecule has 1 atom stereocenters. The topological polar surface area (TPSA) is 72.5 Å². The lowest BCUT2D eigenvalue weighted by molar-refractivity contribution is -0.0175. The molecule has 0 saturated carbocycles. The van der Waals surface area contributed by atoms with E-state index in [0.29, 0.717) is 17.9 Å². The van der Waals surface area contributed by atoms with Gasteiger partial charge in [0, 0.05) is 32.4 Å². The van der Waals surface area contributed by atoms with E-state index < -0.39 is 0 Å². The lowest BCUT2D eigenvalue weighted by atomic mass is 10.2. The van der Waals surface area contributed by atoms with Crippen molar-refractivity contribution in [3.05, 3.63) is 18.0 Å². The van der Waals surface area contributed by atoms with Crippen LogP contribution in [0.25, 0.3) is 0 Å². The number of nitrogens with two attached hydrogens (primary N) is 1. The molecule has 1 unspecified atom stereocenters. The highest BCUT2D eigenvalue weighted by molar-refractivity contribution is 5.93. The average molecular weight is 280 g/mol. The largest absolute Gasteiger partial charge is 0.397 e. The fraction of sp³-hybridized carbons (Fsp3) is 0.643. The van der Waals surface area contributed by atoms with Crippen molar-refractivity contribution in [1.29, 1.82) is 0 Å². The van der Waals surface area contributed by atoms with Crippen molar-refractivity contribution in [3.8, 4) is 0 Å². The molecule has 1 aliphatic heterocycles. The first kappa shape index (κ1) is 14.9. The van der Waals surface area contributed by atoms with Gasteiger partial charge in [-0.2, -0.15) is 0 Å². The fourth-order valence-electron chi connectivity index (χ4n) is 2.44. The number of ether oxygens (including phenoxy) is 1. The number of nitrogens with zero attached hydrogens (tertiary/aromatic N) is 2. The minimum Gasteiger partial charge on any atom is -0.397 e. The van der Waals surface area contributed by atoms with Gasteiger partial charge in [-0.25, -0.2) is 0 Å². The van der Waals surface area contributed by atoms with Gasteiger partial charge in [0.2, 0.25) is 0 Å². The van der Waals surface area contributed by atoms with Gasteiger partial charge in [0.1, 0.15) is 5.69 Å². The van der Waals surface area contributed by atoms with Gasteiger partial charge in [0.25, 0.3) is 5.91 Å². The van der Waals surface area contributed by atoms with Crippen molar-refractivity contribution in [2.75, 3.05) is 39.0 Å². The first-order valence-electron chi connectivity index (χ1n) is 7.14. The van der Waals surface area contributed by atoms with Gasteiger partial charge in [0.15, 0.2) is 0 Å². The number of amides is 1. The summed E-state index contributed by atoms with van der Waals surface area (Å²) < 4.78 is 7.53. The molecule has 20 heavy (non-hydrogen) atoms. The molecule has 6 nitrogen and oxygen atoms in total. The number of carbonyl (C=O) groups is 1. The van der Waals surface area contributed by atoms with E-state index >= 15 is 0 Å². The predicted molar refractivity (Wildman–Crippen MR) is 78.7 cm³/mol. The summed E-state index contributed by atoms with van der Waals surface area (Å²) >= 11 is 0. The number of rotatable bonds is 5. The molecule has 1 amide bonds. The molecule has 0 aromatic carbocycles. The third kappa shape index (κ3) is 3.74. The van der Waals surface area contributed by atoms with Crippen molar-refractivity contribution >= 4 is 11.6 Å². The van der Waals surface area contributed by atoms with Crippen molar-refractivity contribution in [3.63, 3.8) is 0 Å². The Balaban J connectivity index is 1.91. The summed E-state index contributed by atoms with van der Waals surface area (Å²) in [5.74, 6) is -0.0908. The third-order valence-electron chi connectivity index (χ3n) is 3.45. The van der Waals surface area contributed by atoms with Gasteiger partial charge in [-0.05, 0) is 19.5 Å². The Morgan fingerprint density at radius 3 is 3.10 bits per heavy atom. The summed E-state index contributed by atoms with van der Waals surface area (Å²) in [6.07, 6.45) is 2.83. The van der Waals surface area contributed by atoms with Gasteiger partial charge in [-0.3, -0.25) is 4.79 Å². The van der Waals surface area contributed by atoms with Crippen LogP contribution in [0.4, 0.5) is 5.69 Å². The normalized spacial score (nSPS) is 20.0. The summed E-state index contributed by atoms with van der Waals surface area (Å²) in [6, 6.07) is 1.72. The first-order chi connectivity index (χ1) is 9.60. The summed E-state index contributed by atoms with van der Waals surface area (Å²) in [5, 5.41) is 2.93. The van der Waals surface area contributed by atoms with Crippen LogP contribution < -0.4 is 11.1 Å². The maximum atomic E-state index is 12.2. The van der Waals surface area contributed by atoms with Gasteiger partial charge in [-0.15, -0.1) is 0 Å². The first-order valence-corrected chi connectivity index (χ1v) is 7.14. The Labute approximate surface area is 119 Å². The molecule has 0 aliphatic carbocycles. The number of aromatic nitrogens is 1. The molecular weight excluding hydrogens is 256 g/mol. The monoisotopic (exact) mass is 280 g/mol. The van der Waals surface area contributed by atoms with E-state index in [-0.39, 0.29) is 12.0 Å². The Morgan fingerprint density at radius 1 is 1.60 bits per heavy atom. The minimum absolute atomic E-state index is 0.0598. The number of morpholine rings is 1. The number of aryl methyl sites for hydroxylation is 1. The van der Waals surface area contributed by atoms with Crippen LogP contribution in [0.1, 0.15) is 23.8 Å². The standard InChI is InChI=1S/C14H24N4O2/c1-3-4-18-9-11(15)7-13(18)14(19)16-8-12-10-17(2)5-6-20-12/h7,9,12H,3-6,8,10,15H2,1-2H3,(H,16,19). The lowest BCUT2D eigenvalue weighted by Gasteiger charge is -2.30. The van der Waals surface area contributed by atoms with Crippen LogP contribution in [0.15, 0.2) is 12.3 Å². The zero-order valence-corrected chi connectivity index (χ0v) is 12.3. The molecule has 6 heteroatoms. The predicted octanol–water partition coefficient (Wildman–Crippen LogP) is 0.541. The second kappa shape index (κ2) is 6.76. The van der Waals surface area contributed by atoms with E-state index in [9.17, 15) is 4.79 Å². The molecule has 3 N–H and O–H groups in total. The van der Waals surface area contributed by atoms with E-state index in [1.54, 1.807) is 6.07 Å². The number of nitrogen functional groups attached to an aromatic ring is 1. The minimum atomic E-state index is -0.0908. The Kier molecular flexibility index (Phi) is 5.03. The number of hydrogen-bond donors (Lipinski definition) is 2. The Morgan fingerprint density at radius 2 is 2.40 bits per heavy atom. The Bertz CT molecular complexity index is 458. The van der Waals surface area contributed by atoms with Gasteiger partial charge in [0.05, 0.1) is 18.4 Å². The van der Waals surface area contributed by atoms with Crippen LogP contribution in [0.3, 0.4) is 0 Å². The smallest absolute Gasteiger partial charge is 0.268 e. The van der Waals surface area contributed by atoms with E-state index in [1.165, 1.54) is 0 Å². The lowest BCUT2D eigenvalue weighted by Crippen LogP contribution is -2.46. The maximum Gasteiger partial charge on any atom is 0.268 e.